The van der Waals surface area contributed by atoms with Gasteiger partial charge in [0.1, 0.15) is 11.1 Å². The van der Waals surface area contributed by atoms with E-state index in [-0.39, 0.29) is 0 Å². The maximum Gasteiger partial charge on any atom is 0.114 e. The summed E-state index contributed by atoms with van der Waals surface area (Å²) in [4.78, 5) is 4.37. The van der Waals surface area contributed by atoms with Crippen LogP contribution in [-0.2, 0) is 0 Å². The van der Waals surface area contributed by atoms with Crippen molar-refractivity contribution in [1.82, 2.24) is 4.98 Å². The Morgan fingerprint density at radius 3 is 2.86 bits per heavy atom. The van der Waals surface area contributed by atoms with Crippen molar-refractivity contribution >= 4 is 11.8 Å². The Morgan fingerprint density at radius 1 is 1.57 bits per heavy atom. The molecule has 1 unspecified atom stereocenters. The molecule has 0 aliphatic carbocycles. The normalized spacial score (nSPS) is 12.1. The fourth-order valence-electron chi connectivity index (χ4n) is 0.982. The predicted molar refractivity (Wildman–Crippen MR) is 59.3 cm³/mol. The van der Waals surface area contributed by atoms with Gasteiger partial charge in [-0.3, -0.25) is 0 Å². The van der Waals surface area contributed by atoms with Crippen LogP contribution in [-0.4, -0.2) is 10.2 Å². The Bertz CT molecular complexity index is 355. The number of hydrogen-bond donors (Lipinski definition) is 0. The fraction of sp³-hybridized carbons (Fsp3) is 0.455. The molecule has 0 aliphatic heterocycles. The molecule has 2 nitrogen and oxygen atoms in total. The number of pyridine rings is 1. The number of thioether (sulfide) groups is 1. The lowest BCUT2D eigenvalue weighted by molar-refractivity contribution is 0.898. The summed E-state index contributed by atoms with van der Waals surface area (Å²) in [5.74, 6) is 0. The highest BCUT2D eigenvalue weighted by atomic mass is 32.2. The van der Waals surface area contributed by atoms with Crippen molar-refractivity contribution in [2.45, 2.75) is 37.5 Å². The minimum Gasteiger partial charge on any atom is -0.245 e. The standard InChI is InChI=1S/C11H14N2S/c1-4-9(3)14-11-10(7-12)6-5-8(2)13-11/h5-6,9H,4H2,1-3H3. The van der Waals surface area contributed by atoms with Crippen LogP contribution in [0.15, 0.2) is 17.2 Å². The third-order valence-electron chi connectivity index (χ3n) is 2.01. The number of nitrogens with zero attached hydrogens (tertiary/aromatic N) is 2. The van der Waals surface area contributed by atoms with Gasteiger partial charge in [0.25, 0.3) is 0 Å². The lowest BCUT2D eigenvalue weighted by Crippen LogP contribution is -1.97. The van der Waals surface area contributed by atoms with Crippen LogP contribution in [0.4, 0.5) is 0 Å². The highest BCUT2D eigenvalue weighted by molar-refractivity contribution is 7.99. The zero-order chi connectivity index (χ0) is 10.6. The number of nitriles is 1. The first-order valence-electron chi connectivity index (χ1n) is 4.71. The molecular weight excluding hydrogens is 192 g/mol. The first kappa shape index (κ1) is 11.1. The van der Waals surface area contributed by atoms with Gasteiger partial charge >= 0.3 is 0 Å². The molecule has 0 spiro atoms. The predicted octanol–water partition coefficient (Wildman–Crippen LogP) is 3.15. The van der Waals surface area contributed by atoms with Crippen LogP contribution in [0.25, 0.3) is 0 Å². The highest BCUT2D eigenvalue weighted by Gasteiger charge is 2.08. The molecule has 0 N–H and O–H groups in total. The van der Waals surface area contributed by atoms with Crippen LogP contribution in [0.5, 0.6) is 0 Å². The van der Waals surface area contributed by atoms with E-state index in [0.717, 1.165) is 17.1 Å². The molecule has 0 amide bonds. The van der Waals surface area contributed by atoms with Crippen molar-refractivity contribution in [2.75, 3.05) is 0 Å². The summed E-state index contributed by atoms with van der Waals surface area (Å²) >= 11 is 1.68. The van der Waals surface area contributed by atoms with Crippen LogP contribution in [0, 0.1) is 18.3 Å². The van der Waals surface area contributed by atoms with Crippen molar-refractivity contribution in [3.63, 3.8) is 0 Å². The minimum absolute atomic E-state index is 0.511. The third-order valence-corrected chi connectivity index (χ3v) is 3.28. The van der Waals surface area contributed by atoms with E-state index in [4.69, 9.17) is 5.26 Å². The second kappa shape index (κ2) is 5.02. The number of hydrogen-bond acceptors (Lipinski definition) is 3. The SMILES string of the molecule is CCC(C)Sc1nc(C)ccc1C#N. The van der Waals surface area contributed by atoms with Gasteiger partial charge in [-0.2, -0.15) is 5.26 Å². The molecule has 1 aromatic heterocycles. The minimum atomic E-state index is 0.511. The molecule has 0 saturated carbocycles. The van der Waals surface area contributed by atoms with E-state index >= 15 is 0 Å². The first-order valence-corrected chi connectivity index (χ1v) is 5.59. The number of rotatable bonds is 3. The van der Waals surface area contributed by atoms with E-state index in [2.05, 4.69) is 24.9 Å². The molecule has 0 bridgehead atoms. The van der Waals surface area contributed by atoms with E-state index in [1.165, 1.54) is 0 Å². The summed E-state index contributed by atoms with van der Waals surface area (Å²) in [6.45, 7) is 6.23. The highest BCUT2D eigenvalue weighted by Crippen LogP contribution is 2.26. The monoisotopic (exact) mass is 206 g/mol. The first-order chi connectivity index (χ1) is 6.67. The van der Waals surface area contributed by atoms with Crippen molar-refractivity contribution < 1.29 is 0 Å². The second-order valence-electron chi connectivity index (χ2n) is 3.25. The second-order valence-corrected chi connectivity index (χ2v) is 4.68. The van der Waals surface area contributed by atoms with Gasteiger partial charge in [0.2, 0.25) is 0 Å². The van der Waals surface area contributed by atoms with Gasteiger partial charge in [-0.25, -0.2) is 4.98 Å². The summed E-state index contributed by atoms with van der Waals surface area (Å²) in [7, 11) is 0. The summed E-state index contributed by atoms with van der Waals surface area (Å²) < 4.78 is 0. The average Bonchev–Trinajstić information content (AvgIpc) is 2.18. The van der Waals surface area contributed by atoms with E-state index < -0.39 is 0 Å². The smallest absolute Gasteiger partial charge is 0.114 e. The molecule has 3 heteroatoms. The Morgan fingerprint density at radius 2 is 2.29 bits per heavy atom. The fourth-order valence-corrected chi connectivity index (χ4v) is 1.97. The third kappa shape index (κ3) is 2.74. The number of aromatic nitrogens is 1. The Hall–Kier alpha value is -1.01. The molecule has 0 aliphatic rings. The summed E-state index contributed by atoms with van der Waals surface area (Å²) in [5.41, 5.74) is 1.65. The molecule has 1 atom stereocenters. The zero-order valence-corrected chi connectivity index (χ0v) is 9.56. The van der Waals surface area contributed by atoms with Crippen molar-refractivity contribution in [3.8, 4) is 6.07 Å². The average molecular weight is 206 g/mol. The molecule has 0 aromatic carbocycles. The Labute approximate surface area is 89.4 Å². The van der Waals surface area contributed by atoms with E-state index in [9.17, 15) is 0 Å². The molecule has 0 radical (unpaired) electrons. The molecule has 14 heavy (non-hydrogen) atoms. The van der Waals surface area contributed by atoms with Crippen LogP contribution >= 0.6 is 11.8 Å². The lowest BCUT2D eigenvalue weighted by Gasteiger charge is -2.08. The molecule has 0 fully saturated rings. The summed E-state index contributed by atoms with van der Waals surface area (Å²) in [6, 6.07) is 5.88. The van der Waals surface area contributed by atoms with Gasteiger partial charge in [-0.15, -0.1) is 11.8 Å². The number of aryl methyl sites for hydroxylation is 1. The van der Waals surface area contributed by atoms with E-state index in [0.29, 0.717) is 10.8 Å². The molecule has 1 aromatic rings. The van der Waals surface area contributed by atoms with Crippen LogP contribution < -0.4 is 0 Å². The van der Waals surface area contributed by atoms with Gasteiger partial charge in [0.15, 0.2) is 0 Å². The van der Waals surface area contributed by atoms with E-state index in [1.807, 2.05) is 19.1 Å². The zero-order valence-electron chi connectivity index (χ0n) is 8.74. The largest absolute Gasteiger partial charge is 0.245 e. The van der Waals surface area contributed by atoms with Crippen molar-refractivity contribution in [3.05, 3.63) is 23.4 Å². The van der Waals surface area contributed by atoms with Gasteiger partial charge in [-0.1, -0.05) is 13.8 Å². The van der Waals surface area contributed by atoms with Crippen LogP contribution in [0.3, 0.4) is 0 Å². The quantitative estimate of drug-likeness (QED) is 0.713. The van der Waals surface area contributed by atoms with Gasteiger partial charge in [0, 0.05) is 10.9 Å². The maximum atomic E-state index is 8.89. The Kier molecular flexibility index (Phi) is 3.97. The van der Waals surface area contributed by atoms with Crippen molar-refractivity contribution in [1.29, 1.82) is 5.26 Å². The van der Waals surface area contributed by atoms with Gasteiger partial charge in [0.05, 0.1) is 5.56 Å². The Balaban J connectivity index is 2.94. The van der Waals surface area contributed by atoms with E-state index in [1.54, 1.807) is 11.8 Å². The van der Waals surface area contributed by atoms with Crippen LogP contribution in [0.2, 0.25) is 0 Å². The maximum absolute atomic E-state index is 8.89. The van der Waals surface area contributed by atoms with Gasteiger partial charge < -0.3 is 0 Å². The lowest BCUT2D eigenvalue weighted by atomic mass is 10.3. The molecule has 1 rings (SSSR count). The van der Waals surface area contributed by atoms with Crippen molar-refractivity contribution in [2.24, 2.45) is 0 Å². The van der Waals surface area contributed by atoms with Gasteiger partial charge in [-0.05, 0) is 25.5 Å². The summed E-state index contributed by atoms with van der Waals surface area (Å²) in [6.07, 6.45) is 1.09. The molecule has 0 saturated heterocycles. The molecule has 1 heterocycles. The molecule has 74 valence electrons. The summed E-state index contributed by atoms with van der Waals surface area (Å²) in [5, 5.41) is 10.3. The topological polar surface area (TPSA) is 36.7 Å². The molecular formula is C11H14N2S. The van der Waals surface area contributed by atoms with Crippen LogP contribution in [0.1, 0.15) is 31.5 Å².